The molecule has 16 bridgehead atoms. The second kappa shape index (κ2) is 29.6. The molecular weight excluding hydrogens is 1260 g/mol. The van der Waals surface area contributed by atoms with Gasteiger partial charge in [0.2, 0.25) is 11.7 Å². The lowest BCUT2D eigenvalue weighted by molar-refractivity contribution is -0.116. The summed E-state index contributed by atoms with van der Waals surface area (Å²) in [6.45, 7) is 22.6. The zero-order chi connectivity index (χ0) is 68.2. The van der Waals surface area contributed by atoms with Crippen LogP contribution < -0.4 is 14.8 Å². The number of aromatic amines is 2. The van der Waals surface area contributed by atoms with Gasteiger partial charge in [-0.05, 0) is 198 Å². The number of H-pyrrole nitrogens is 2. The van der Waals surface area contributed by atoms with E-state index in [1.165, 1.54) is 28.3 Å². The maximum atomic E-state index is 13.8. The molecule has 8 aromatic rings. The van der Waals surface area contributed by atoms with Crippen molar-refractivity contribution in [1.29, 1.82) is 0 Å². The summed E-state index contributed by atoms with van der Waals surface area (Å²) >= 11 is 18.0. The Kier molecular flexibility index (Phi) is 21.1. The summed E-state index contributed by atoms with van der Waals surface area (Å²) in [4.78, 5) is 57.2. The number of nitrogens with zero attached hydrogens (tertiary/aromatic N) is 2. The van der Waals surface area contributed by atoms with Crippen molar-refractivity contribution < 1.29 is 34.1 Å². The number of aldehydes is 1. The molecule has 0 spiro atoms. The van der Waals surface area contributed by atoms with Gasteiger partial charge in [0.15, 0.2) is 6.29 Å². The normalized spacial score (nSPS) is 13.4. The van der Waals surface area contributed by atoms with Crippen LogP contribution in [0.5, 0.6) is 23.0 Å². The first-order valence-corrected chi connectivity index (χ1v) is 34.6. The van der Waals surface area contributed by atoms with E-state index in [1.807, 2.05) is 36.4 Å². The van der Waals surface area contributed by atoms with Gasteiger partial charge in [0.1, 0.15) is 33.1 Å². The summed E-state index contributed by atoms with van der Waals surface area (Å²) < 4.78 is 13.6. The predicted molar refractivity (Wildman–Crippen MR) is 393 cm³/mol. The second-order valence-corrected chi connectivity index (χ2v) is 26.2. The SMILES string of the molecule is CCCOc1c2cccc1Cc1cc(-c3c4nc(cc5[nH]c(c(C)c5CC)c(-c5ccccc5)c5nc(cc6[nH]c3c(C)c6CC)C(CC)=C5C)C(CC)=C4C)cc(c1O)Cc1cccc(c1OCCC)Cc1cc(NC(=O)CC/C=C(\Cl)C(=O)/C(Cl)=C(\Cl)C=O)cc(c1O)C2. The van der Waals surface area contributed by atoms with Crippen LogP contribution in [0.4, 0.5) is 5.69 Å². The van der Waals surface area contributed by atoms with Crippen LogP contribution >= 0.6 is 34.8 Å². The van der Waals surface area contributed by atoms with Crippen molar-refractivity contribution in [3.63, 3.8) is 0 Å². The quantitative estimate of drug-likeness (QED) is 0.0299. The highest BCUT2D eigenvalue weighted by Crippen LogP contribution is 2.47. The summed E-state index contributed by atoms with van der Waals surface area (Å²) in [6.07, 6.45) is 7.09. The maximum Gasteiger partial charge on any atom is 0.224 e. The number of allylic oxidation sites excluding steroid dienone is 8. The van der Waals surface area contributed by atoms with Crippen molar-refractivity contribution in [1.82, 2.24) is 19.9 Å². The van der Waals surface area contributed by atoms with Crippen molar-refractivity contribution in [3.8, 4) is 45.3 Å². The summed E-state index contributed by atoms with van der Waals surface area (Å²) in [5.41, 5.74) is 27.0. The number of carbonyl (C=O) groups excluding carboxylic acids is 3. The third-order valence-corrected chi connectivity index (χ3v) is 19.9. The maximum absolute atomic E-state index is 13.8. The number of aromatic hydroxyl groups is 2. The van der Waals surface area contributed by atoms with Crippen LogP contribution in [0.25, 0.3) is 66.6 Å². The summed E-state index contributed by atoms with van der Waals surface area (Å²) in [5, 5.41) is 27.4. The number of para-hydroxylation sites is 2. The highest BCUT2D eigenvalue weighted by Gasteiger charge is 2.29. The average molecular weight is 1340 g/mol. The third-order valence-electron chi connectivity index (χ3n) is 18.8. The lowest BCUT2D eigenvalue weighted by Gasteiger charge is -2.22. The standard InChI is InChI=1S/C81H82Cl3N5O7/c1-11-31-95-80-49-25-20-27-51(80)35-56-39-58(85-69(91)30-22-29-63(82)79(94)72(84)64(83)43-90)40-57(78(56)93)36-52-28-21-26-50(81(52)96-32-12-2)34-55-38-53(37-54(33-49)77(55)92)71-75-46(9)61(15-5)67(88-75)41-65-59(13-3)44(7)73(86-65)70(48-23-18-17-19-24-48)74-45(8)60(14-4)66(87-74)42-68-62(16-6)47(10)76(71)89-68/h17-21,23-29,37-43,86,89,92-93H,11-16,22,30-36H2,1-10H3,(H,85,91)/b63-29-,65-41?,66-42?,67-41?,68-42?,72-64+,73-70?,74-70?,75-71?,76-71?. The van der Waals surface area contributed by atoms with E-state index in [4.69, 9.17) is 54.2 Å². The fourth-order valence-electron chi connectivity index (χ4n) is 14.1. The molecule has 494 valence electrons. The number of anilines is 1. The number of nitrogens with one attached hydrogen (secondary N) is 3. The number of amides is 1. The molecule has 12 nitrogen and oxygen atoms in total. The second-order valence-electron chi connectivity index (χ2n) is 25.0. The molecule has 3 aromatic heterocycles. The van der Waals surface area contributed by atoms with Crippen LogP contribution in [-0.2, 0) is 52.9 Å². The van der Waals surface area contributed by atoms with Crippen LogP contribution in [0.2, 0.25) is 0 Å². The Bertz CT molecular complexity index is 4650. The number of carbonyl (C=O) groups is 3. The number of Topliss-reactive ketones (excluding diaryl/α,β-unsaturated/α-hetero) is 1. The number of halogens is 3. The number of phenols is 2. The lowest BCUT2D eigenvalue weighted by Crippen LogP contribution is -2.12. The first-order chi connectivity index (χ1) is 46.3. The third kappa shape index (κ3) is 13.5. The van der Waals surface area contributed by atoms with Crippen LogP contribution in [0.1, 0.15) is 183 Å². The van der Waals surface area contributed by atoms with Gasteiger partial charge in [0, 0.05) is 71.1 Å². The number of fused-ring (bicyclic) bond motifs is 16. The van der Waals surface area contributed by atoms with Crippen LogP contribution in [-0.4, -0.2) is 61.3 Å². The summed E-state index contributed by atoms with van der Waals surface area (Å²) in [6, 6.07) is 35.0. The van der Waals surface area contributed by atoms with Gasteiger partial charge >= 0.3 is 0 Å². The molecule has 0 saturated carbocycles. The number of hydrogen-bond acceptors (Lipinski definition) is 9. The molecule has 0 saturated heterocycles. The van der Waals surface area contributed by atoms with Gasteiger partial charge in [-0.25, -0.2) is 9.97 Å². The Hall–Kier alpha value is -8.94. The molecule has 0 fully saturated rings. The first kappa shape index (κ1) is 68.4. The minimum absolute atomic E-state index is 0.0608. The van der Waals surface area contributed by atoms with Crippen molar-refractivity contribution in [2.45, 2.75) is 146 Å². The largest absolute Gasteiger partial charge is 0.507 e. The Morgan fingerprint density at radius 3 is 1.42 bits per heavy atom. The Labute approximate surface area is 577 Å². The van der Waals surface area contributed by atoms with E-state index in [0.717, 1.165) is 150 Å². The highest BCUT2D eigenvalue weighted by atomic mass is 35.5. The number of rotatable bonds is 19. The van der Waals surface area contributed by atoms with E-state index in [-0.39, 0.29) is 67.2 Å². The monoisotopic (exact) mass is 1340 g/mol. The van der Waals surface area contributed by atoms with E-state index >= 15 is 0 Å². The van der Waals surface area contributed by atoms with Crippen molar-refractivity contribution >= 4 is 103 Å². The van der Waals surface area contributed by atoms with E-state index in [1.54, 1.807) is 12.1 Å². The number of ketones is 1. The minimum Gasteiger partial charge on any atom is -0.507 e. The zero-order valence-corrected chi connectivity index (χ0v) is 58.6. The van der Waals surface area contributed by atoms with Crippen molar-refractivity contribution in [2.24, 2.45) is 0 Å². The average Bonchev–Trinajstić information content (AvgIpc) is 1.50. The fourth-order valence-corrected chi connectivity index (χ4v) is 14.6. The number of hydrogen-bond donors (Lipinski definition) is 5. The molecule has 0 radical (unpaired) electrons. The van der Waals surface area contributed by atoms with Gasteiger partial charge in [-0.1, -0.05) is 149 Å². The summed E-state index contributed by atoms with van der Waals surface area (Å²) in [5.74, 6) is 0.278. The van der Waals surface area contributed by atoms with Gasteiger partial charge in [0.25, 0.3) is 0 Å². The molecule has 0 unspecified atom stereocenters. The number of ether oxygens (including phenoxy) is 2. The van der Waals surface area contributed by atoms with Crippen LogP contribution in [0.15, 0.2) is 124 Å². The molecule has 3 aliphatic rings. The summed E-state index contributed by atoms with van der Waals surface area (Å²) in [7, 11) is 0. The Morgan fingerprint density at radius 2 is 1.00 bits per heavy atom. The first-order valence-electron chi connectivity index (χ1n) is 33.5. The Balaban J connectivity index is 1.15. The molecule has 96 heavy (non-hydrogen) atoms. The number of aryl methyl sites for hydroxylation is 4. The Morgan fingerprint density at radius 1 is 0.562 bits per heavy atom. The lowest BCUT2D eigenvalue weighted by atomic mass is 9.88. The molecular formula is C81H82Cl3N5O7. The topological polar surface area (TPSA) is 180 Å². The number of benzene rings is 5. The van der Waals surface area contributed by atoms with Gasteiger partial charge < -0.3 is 35.0 Å². The molecule has 1 aliphatic carbocycles. The predicted octanol–water partition coefficient (Wildman–Crippen LogP) is 20.0. The molecule has 5 aromatic carbocycles. The van der Waals surface area contributed by atoms with Crippen LogP contribution in [0.3, 0.4) is 0 Å². The molecule has 11 rings (SSSR count). The molecule has 15 heteroatoms. The molecule has 0 atom stereocenters. The molecule has 1 amide bonds. The van der Waals surface area contributed by atoms with Crippen LogP contribution in [0, 0.1) is 13.8 Å². The van der Waals surface area contributed by atoms with Crippen molar-refractivity contribution in [2.75, 3.05) is 18.5 Å². The smallest absolute Gasteiger partial charge is 0.224 e. The molecule has 2 aliphatic heterocycles. The zero-order valence-electron chi connectivity index (χ0n) is 56.3. The van der Waals surface area contributed by atoms with Crippen molar-refractivity contribution in [3.05, 3.63) is 214 Å². The van der Waals surface area contributed by atoms with E-state index < -0.39 is 15.8 Å². The number of aromatic nitrogens is 4. The highest BCUT2D eigenvalue weighted by molar-refractivity contribution is 6.59. The van der Waals surface area contributed by atoms with Gasteiger partial charge in [-0.2, -0.15) is 0 Å². The molecule has 5 heterocycles. The van der Waals surface area contributed by atoms with E-state index in [2.05, 4.69) is 139 Å². The van der Waals surface area contributed by atoms with Gasteiger partial charge in [-0.3, -0.25) is 14.4 Å². The minimum atomic E-state index is -0.836. The fraction of sp³-hybridized carbons (Fsp3) is 0.296. The van der Waals surface area contributed by atoms with E-state index in [0.29, 0.717) is 52.7 Å². The molecule has 5 N–H and O–H groups in total. The number of phenolic OH excluding ortho intramolecular Hbond substituents is 2. The van der Waals surface area contributed by atoms with Gasteiger partial charge in [-0.15, -0.1) is 0 Å². The van der Waals surface area contributed by atoms with E-state index in [9.17, 15) is 24.6 Å². The van der Waals surface area contributed by atoms with Gasteiger partial charge in [0.05, 0.1) is 52.1 Å².